The molecule has 1 atom stereocenters. The standard InChI is InChI=1S/C29H30O5/c1-31-26-15-17-27(18-16-26)33-22-29(21-32-20-24-11-6-3-7-12-24)19-25(28(30)34-29)14-8-13-23-9-4-2-5-10-23/h2-7,9-12,14-18H,8,13,19-22H2,1H3/b25-14+. The third-order valence-electron chi connectivity index (χ3n) is 5.79. The van der Waals surface area contributed by atoms with E-state index in [2.05, 4.69) is 12.1 Å². The van der Waals surface area contributed by atoms with E-state index >= 15 is 0 Å². The number of methoxy groups -OCH3 is 1. The summed E-state index contributed by atoms with van der Waals surface area (Å²) < 4.78 is 23.1. The number of hydrogen-bond acceptors (Lipinski definition) is 5. The van der Waals surface area contributed by atoms with Gasteiger partial charge in [0.2, 0.25) is 0 Å². The molecule has 1 fully saturated rings. The molecule has 34 heavy (non-hydrogen) atoms. The molecular weight excluding hydrogens is 428 g/mol. The Balaban J connectivity index is 1.42. The predicted octanol–water partition coefficient (Wildman–Crippen LogP) is 5.54. The van der Waals surface area contributed by atoms with Gasteiger partial charge in [-0.1, -0.05) is 66.7 Å². The topological polar surface area (TPSA) is 54.0 Å². The first-order valence-corrected chi connectivity index (χ1v) is 11.5. The van der Waals surface area contributed by atoms with E-state index in [4.69, 9.17) is 18.9 Å². The van der Waals surface area contributed by atoms with Crippen molar-refractivity contribution in [2.75, 3.05) is 20.3 Å². The second-order valence-corrected chi connectivity index (χ2v) is 8.45. The van der Waals surface area contributed by atoms with Crippen molar-refractivity contribution in [1.82, 2.24) is 0 Å². The summed E-state index contributed by atoms with van der Waals surface area (Å²) in [5, 5.41) is 0. The van der Waals surface area contributed by atoms with Gasteiger partial charge in [-0.2, -0.15) is 0 Å². The van der Waals surface area contributed by atoms with Gasteiger partial charge < -0.3 is 18.9 Å². The smallest absolute Gasteiger partial charge is 0.334 e. The van der Waals surface area contributed by atoms with Crippen molar-refractivity contribution in [3.8, 4) is 11.5 Å². The minimum atomic E-state index is -0.871. The largest absolute Gasteiger partial charge is 0.497 e. The van der Waals surface area contributed by atoms with Crippen molar-refractivity contribution in [2.45, 2.75) is 31.5 Å². The summed E-state index contributed by atoms with van der Waals surface area (Å²) in [7, 11) is 1.62. The SMILES string of the molecule is COc1ccc(OCC2(COCc3ccccc3)C/C(=C\CCc3ccccc3)C(=O)O2)cc1. The number of esters is 1. The normalized spacial score (nSPS) is 18.6. The van der Waals surface area contributed by atoms with Crippen molar-refractivity contribution in [2.24, 2.45) is 0 Å². The molecule has 176 valence electrons. The van der Waals surface area contributed by atoms with Crippen LogP contribution in [0.2, 0.25) is 0 Å². The quantitative estimate of drug-likeness (QED) is 0.279. The Bertz CT molecular complexity index is 1080. The number of carbonyl (C=O) groups is 1. The molecule has 4 rings (SSSR count). The van der Waals surface area contributed by atoms with Gasteiger partial charge in [-0.05, 0) is 48.2 Å². The third kappa shape index (κ3) is 6.49. The van der Waals surface area contributed by atoms with E-state index < -0.39 is 5.60 Å². The zero-order valence-corrected chi connectivity index (χ0v) is 19.4. The molecule has 0 aliphatic carbocycles. The number of benzene rings is 3. The van der Waals surface area contributed by atoms with Crippen molar-refractivity contribution in [1.29, 1.82) is 0 Å². The highest BCUT2D eigenvalue weighted by Gasteiger charge is 2.45. The second-order valence-electron chi connectivity index (χ2n) is 8.45. The maximum absolute atomic E-state index is 12.7. The van der Waals surface area contributed by atoms with Crippen LogP contribution in [0.4, 0.5) is 0 Å². The molecule has 1 heterocycles. The zero-order valence-electron chi connectivity index (χ0n) is 19.4. The number of hydrogen-bond donors (Lipinski definition) is 0. The molecule has 0 aromatic heterocycles. The van der Waals surface area contributed by atoms with Crippen LogP contribution in [0.15, 0.2) is 96.6 Å². The number of allylic oxidation sites excluding steroid dienone is 1. The maximum atomic E-state index is 12.7. The van der Waals surface area contributed by atoms with Crippen molar-refractivity contribution in [3.05, 3.63) is 108 Å². The van der Waals surface area contributed by atoms with Gasteiger partial charge in [0.1, 0.15) is 18.1 Å². The Morgan fingerprint density at radius 2 is 1.50 bits per heavy atom. The van der Waals surface area contributed by atoms with Crippen LogP contribution in [-0.2, 0) is 27.3 Å². The van der Waals surface area contributed by atoms with Crippen LogP contribution in [0.5, 0.6) is 11.5 Å². The van der Waals surface area contributed by atoms with Gasteiger partial charge in [0.15, 0.2) is 5.60 Å². The first-order valence-electron chi connectivity index (χ1n) is 11.5. The molecule has 0 N–H and O–H groups in total. The molecule has 0 spiro atoms. The Kier molecular flexibility index (Phi) is 7.99. The van der Waals surface area contributed by atoms with Crippen molar-refractivity contribution < 1.29 is 23.7 Å². The van der Waals surface area contributed by atoms with Crippen LogP contribution in [0.3, 0.4) is 0 Å². The van der Waals surface area contributed by atoms with E-state index in [1.165, 1.54) is 5.56 Å². The Morgan fingerprint density at radius 1 is 0.853 bits per heavy atom. The summed E-state index contributed by atoms with van der Waals surface area (Å²) in [4.78, 5) is 12.7. The summed E-state index contributed by atoms with van der Waals surface area (Å²) in [5.41, 5.74) is 2.12. The van der Waals surface area contributed by atoms with Gasteiger partial charge in [0.05, 0.1) is 20.3 Å². The second kappa shape index (κ2) is 11.5. The molecule has 1 saturated heterocycles. The van der Waals surface area contributed by atoms with Crippen molar-refractivity contribution >= 4 is 5.97 Å². The highest BCUT2D eigenvalue weighted by Crippen LogP contribution is 2.33. The summed E-state index contributed by atoms with van der Waals surface area (Å²) in [6.07, 6.45) is 4.08. The Labute approximate surface area is 200 Å². The number of rotatable bonds is 11. The molecule has 5 heteroatoms. The molecule has 5 nitrogen and oxygen atoms in total. The first kappa shape index (κ1) is 23.6. The van der Waals surface area contributed by atoms with E-state index in [0.717, 1.165) is 24.2 Å². The van der Waals surface area contributed by atoms with Crippen LogP contribution in [0, 0.1) is 0 Å². The zero-order chi connectivity index (χ0) is 23.6. The molecule has 1 aliphatic rings. The van der Waals surface area contributed by atoms with Gasteiger partial charge in [0.25, 0.3) is 0 Å². The fourth-order valence-corrected chi connectivity index (χ4v) is 3.95. The molecule has 3 aromatic rings. The lowest BCUT2D eigenvalue weighted by Crippen LogP contribution is -2.40. The highest BCUT2D eigenvalue weighted by atomic mass is 16.6. The first-order chi connectivity index (χ1) is 16.7. The molecule has 0 bridgehead atoms. The van der Waals surface area contributed by atoms with Crippen LogP contribution < -0.4 is 9.47 Å². The summed E-state index contributed by atoms with van der Waals surface area (Å²) >= 11 is 0. The van der Waals surface area contributed by atoms with Crippen LogP contribution in [0.1, 0.15) is 24.0 Å². The lowest BCUT2D eigenvalue weighted by Gasteiger charge is -2.27. The highest BCUT2D eigenvalue weighted by molar-refractivity contribution is 5.91. The summed E-state index contributed by atoms with van der Waals surface area (Å²) in [6, 6.07) is 27.5. The minimum absolute atomic E-state index is 0.204. The van der Waals surface area contributed by atoms with Crippen molar-refractivity contribution in [3.63, 3.8) is 0 Å². The van der Waals surface area contributed by atoms with E-state index in [1.807, 2.05) is 78.9 Å². The molecule has 0 saturated carbocycles. The van der Waals surface area contributed by atoms with E-state index in [9.17, 15) is 4.79 Å². The molecular formula is C29H30O5. The molecule has 0 radical (unpaired) electrons. The van der Waals surface area contributed by atoms with Gasteiger partial charge in [-0.3, -0.25) is 0 Å². The fourth-order valence-electron chi connectivity index (χ4n) is 3.95. The fraction of sp³-hybridized carbons (Fsp3) is 0.276. The predicted molar refractivity (Wildman–Crippen MR) is 131 cm³/mol. The van der Waals surface area contributed by atoms with E-state index in [-0.39, 0.29) is 19.2 Å². The average molecular weight is 459 g/mol. The average Bonchev–Trinajstić information content (AvgIpc) is 3.19. The number of carbonyl (C=O) groups excluding carboxylic acids is 1. The van der Waals surface area contributed by atoms with Gasteiger partial charge >= 0.3 is 5.97 Å². The lowest BCUT2D eigenvalue weighted by atomic mass is 9.98. The Morgan fingerprint density at radius 3 is 2.18 bits per heavy atom. The molecule has 3 aromatic carbocycles. The van der Waals surface area contributed by atoms with Crippen LogP contribution in [0.25, 0.3) is 0 Å². The third-order valence-corrected chi connectivity index (χ3v) is 5.79. The molecule has 1 unspecified atom stereocenters. The maximum Gasteiger partial charge on any atom is 0.334 e. The lowest BCUT2D eigenvalue weighted by molar-refractivity contribution is -0.156. The number of aryl methyl sites for hydroxylation is 1. The monoisotopic (exact) mass is 458 g/mol. The van der Waals surface area contributed by atoms with E-state index in [0.29, 0.717) is 24.4 Å². The van der Waals surface area contributed by atoms with Gasteiger partial charge in [0, 0.05) is 12.0 Å². The van der Waals surface area contributed by atoms with Gasteiger partial charge in [-0.15, -0.1) is 0 Å². The van der Waals surface area contributed by atoms with Crippen LogP contribution >= 0.6 is 0 Å². The molecule has 0 amide bonds. The minimum Gasteiger partial charge on any atom is -0.497 e. The number of ether oxygens (including phenoxy) is 4. The Hall–Kier alpha value is -3.57. The number of cyclic esters (lactones) is 1. The van der Waals surface area contributed by atoms with E-state index in [1.54, 1.807) is 7.11 Å². The van der Waals surface area contributed by atoms with Gasteiger partial charge in [-0.25, -0.2) is 4.79 Å². The summed E-state index contributed by atoms with van der Waals surface area (Å²) in [6.45, 7) is 0.894. The molecule has 1 aliphatic heterocycles. The summed E-state index contributed by atoms with van der Waals surface area (Å²) in [5.74, 6) is 1.14. The van der Waals surface area contributed by atoms with Crippen LogP contribution in [-0.4, -0.2) is 31.9 Å².